The number of hydrogen-bond acceptors (Lipinski definition) is 6. The molecule has 1 aromatic heterocycles. The summed E-state index contributed by atoms with van der Waals surface area (Å²) in [5.41, 5.74) is 0. The van der Waals surface area contributed by atoms with Crippen molar-refractivity contribution in [1.82, 2.24) is 14.0 Å². The smallest absolute Gasteiger partial charge is 0.359 e. The number of alkyl halides is 3. The molecule has 0 radical (unpaired) electrons. The molecule has 1 aliphatic rings. The number of piperidine rings is 1. The first-order valence-electron chi connectivity index (χ1n) is 7.11. The van der Waals surface area contributed by atoms with E-state index >= 15 is 0 Å². The molecule has 0 aliphatic carbocycles. The monoisotopic (exact) mass is 386 g/mol. The van der Waals surface area contributed by atoms with Crippen LogP contribution in [0.4, 0.5) is 18.3 Å². The number of carbonyl (C=O) groups is 1. The summed E-state index contributed by atoms with van der Waals surface area (Å²) in [7, 11) is -4.14. The van der Waals surface area contributed by atoms with Gasteiger partial charge in [0.1, 0.15) is 6.54 Å². The molecular formula is C12H17F3N4O3S2. The van der Waals surface area contributed by atoms with Crippen molar-refractivity contribution in [3.05, 3.63) is 11.1 Å². The minimum absolute atomic E-state index is 0.0509. The summed E-state index contributed by atoms with van der Waals surface area (Å²) < 4.78 is 62.6. The van der Waals surface area contributed by atoms with Gasteiger partial charge in [-0.05, 0) is 12.8 Å². The number of halogens is 3. The zero-order valence-electron chi connectivity index (χ0n) is 12.8. The van der Waals surface area contributed by atoms with Crippen molar-refractivity contribution in [2.24, 2.45) is 0 Å². The maximum absolute atomic E-state index is 12.1. The van der Waals surface area contributed by atoms with Crippen molar-refractivity contribution in [2.75, 3.05) is 25.0 Å². The van der Waals surface area contributed by atoms with Gasteiger partial charge in [-0.1, -0.05) is 11.3 Å². The van der Waals surface area contributed by atoms with Crippen LogP contribution >= 0.6 is 11.3 Å². The highest BCUT2D eigenvalue weighted by molar-refractivity contribution is 7.87. The Morgan fingerprint density at radius 2 is 2.04 bits per heavy atom. The van der Waals surface area contributed by atoms with E-state index in [1.807, 2.05) is 0 Å². The van der Waals surface area contributed by atoms with E-state index in [2.05, 4.69) is 10.3 Å². The standard InChI is InChI=1S/C12H17F3N4O3S2/c1-8(20)10-6-16-11(23-10)18-9-2-4-19(5-3-9)24(21,22)17-7-12(13,14)15/h6,9,17H,2-5,7H2,1H3,(H,16,18). The lowest BCUT2D eigenvalue weighted by Crippen LogP contribution is -2.49. The first kappa shape index (κ1) is 19.1. The van der Waals surface area contributed by atoms with Crippen LogP contribution in [-0.4, -0.2) is 55.3 Å². The largest absolute Gasteiger partial charge is 0.402 e. The van der Waals surface area contributed by atoms with E-state index in [-0.39, 0.29) is 24.9 Å². The Morgan fingerprint density at radius 3 is 2.54 bits per heavy atom. The van der Waals surface area contributed by atoms with Crippen LogP contribution in [0.5, 0.6) is 0 Å². The molecule has 0 atom stereocenters. The van der Waals surface area contributed by atoms with Crippen molar-refractivity contribution in [3.63, 3.8) is 0 Å². The van der Waals surface area contributed by atoms with Crippen molar-refractivity contribution in [3.8, 4) is 0 Å². The van der Waals surface area contributed by atoms with Gasteiger partial charge in [0.25, 0.3) is 10.2 Å². The van der Waals surface area contributed by atoms with Gasteiger partial charge >= 0.3 is 6.18 Å². The molecule has 1 fully saturated rings. The molecule has 2 rings (SSSR count). The summed E-state index contributed by atoms with van der Waals surface area (Å²) in [5.74, 6) is -0.0859. The van der Waals surface area contributed by atoms with Crippen LogP contribution in [0.15, 0.2) is 6.20 Å². The second kappa shape index (κ2) is 7.33. The average Bonchev–Trinajstić information content (AvgIpc) is 2.94. The van der Waals surface area contributed by atoms with Crippen molar-refractivity contribution in [2.45, 2.75) is 32.0 Å². The summed E-state index contributed by atoms with van der Waals surface area (Å²) in [6.45, 7) is 0.0701. The normalized spacial score (nSPS) is 17.8. The van der Waals surface area contributed by atoms with Gasteiger partial charge in [0.15, 0.2) is 10.9 Å². The van der Waals surface area contributed by atoms with Crippen LogP contribution in [0.25, 0.3) is 0 Å². The summed E-state index contributed by atoms with van der Waals surface area (Å²) in [6.07, 6.45) is -2.26. The number of anilines is 1. The number of aromatic nitrogens is 1. The molecule has 0 saturated carbocycles. The highest BCUT2D eigenvalue weighted by Crippen LogP contribution is 2.23. The van der Waals surface area contributed by atoms with Gasteiger partial charge in [-0.3, -0.25) is 4.79 Å². The molecule has 0 bridgehead atoms. The second-order valence-electron chi connectivity index (χ2n) is 5.34. The van der Waals surface area contributed by atoms with E-state index in [0.29, 0.717) is 22.9 Å². The molecule has 0 aromatic carbocycles. The fraction of sp³-hybridized carbons (Fsp3) is 0.667. The lowest BCUT2D eigenvalue weighted by atomic mass is 10.1. The summed E-state index contributed by atoms with van der Waals surface area (Å²) in [4.78, 5) is 15.8. The zero-order chi connectivity index (χ0) is 18.0. The molecule has 7 nitrogen and oxygen atoms in total. The van der Waals surface area contributed by atoms with E-state index < -0.39 is 22.9 Å². The van der Waals surface area contributed by atoms with Crippen molar-refractivity contribution < 1.29 is 26.4 Å². The Kier molecular flexibility index (Phi) is 5.83. The molecule has 0 unspecified atom stereocenters. The third-order valence-electron chi connectivity index (χ3n) is 3.43. The minimum Gasteiger partial charge on any atom is -0.359 e. The zero-order valence-corrected chi connectivity index (χ0v) is 14.4. The predicted molar refractivity (Wildman–Crippen MR) is 83.3 cm³/mol. The lowest BCUT2D eigenvalue weighted by Gasteiger charge is -2.31. The highest BCUT2D eigenvalue weighted by Gasteiger charge is 2.33. The number of hydrogen-bond donors (Lipinski definition) is 2. The highest BCUT2D eigenvalue weighted by atomic mass is 32.2. The number of nitrogens with one attached hydrogen (secondary N) is 2. The number of nitrogens with zero attached hydrogens (tertiary/aromatic N) is 2. The van der Waals surface area contributed by atoms with Crippen LogP contribution in [0.2, 0.25) is 0 Å². The number of thiazole rings is 1. The molecule has 0 spiro atoms. The summed E-state index contributed by atoms with van der Waals surface area (Å²) >= 11 is 1.21. The van der Waals surface area contributed by atoms with E-state index in [4.69, 9.17) is 0 Å². The Labute approximate surface area is 141 Å². The topological polar surface area (TPSA) is 91.4 Å². The van der Waals surface area contributed by atoms with E-state index in [1.54, 1.807) is 4.72 Å². The average molecular weight is 386 g/mol. The Morgan fingerprint density at radius 1 is 1.42 bits per heavy atom. The van der Waals surface area contributed by atoms with Crippen LogP contribution in [0.1, 0.15) is 29.4 Å². The molecular weight excluding hydrogens is 369 g/mol. The van der Waals surface area contributed by atoms with Crippen molar-refractivity contribution in [1.29, 1.82) is 0 Å². The summed E-state index contributed by atoms with van der Waals surface area (Å²) in [5, 5.41) is 3.68. The first-order valence-corrected chi connectivity index (χ1v) is 9.37. The minimum atomic E-state index is -4.59. The molecule has 24 heavy (non-hydrogen) atoms. The maximum atomic E-state index is 12.1. The number of carbonyl (C=O) groups excluding carboxylic acids is 1. The Balaban J connectivity index is 1.85. The van der Waals surface area contributed by atoms with E-state index in [1.165, 1.54) is 24.5 Å². The quantitative estimate of drug-likeness (QED) is 0.725. The summed E-state index contributed by atoms with van der Waals surface area (Å²) in [6, 6.07) is -0.0509. The number of ketones is 1. The van der Waals surface area contributed by atoms with Crippen molar-refractivity contribution >= 4 is 32.5 Å². The fourth-order valence-electron chi connectivity index (χ4n) is 2.18. The van der Waals surface area contributed by atoms with Gasteiger partial charge in [-0.2, -0.15) is 30.6 Å². The van der Waals surface area contributed by atoms with Crippen LogP contribution in [-0.2, 0) is 10.2 Å². The molecule has 2 heterocycles. The molecule has 1 saturated heterocycles. The van der Waals surface area contributed by atoms with E-state index in [0.717, 1.165) is 4.31 Å². The van der Waals surface area contributed by atoms with Crippen LogP contribution < -0.4 is 10.0 Å². The third-order valence-corrected chi connectivity index (χ3v) is 6.01. The third kappa shape index (κ3) is 5.40. The van der Waals surface area contributed by atoms with Gasteiger partial charge in [0.05, 0.1) is 11.1 Å². The Bertz CT molecular complexity index is 682. The van der Waals surface area contributed by atoms with Gasteiger partial charge in [0, 0.05) is 26.1 Å². The number of rotatable bonds is 6. The molecule has 136 valence electrons. The van der Waals surface area contributed by atoms with Gasteiger partial charge < -0.3 is 5.32 Å². The second-order valence-corrected chi connectivity index (χ2v) is 8.13. The van der Waals surface area contributed by atoms with Gasteiger partial charge in [0.2, 0.25) is 0 Å². The fourth-order valence-corrected chi connectivity index (χ4v) is 4.19. The first-order chi connectivity index (χ1) is 11.1. The lowest BCUT2D eigenvalue weighted by molar-refractivity contribution is -0.121. The SMILES string of the molecule is CC(=O)c1cnc(NC2CCN(S(=O)(=O)NCC(F)(F)F)CC2)s1. The van der Waals surface area contributed by atoms with Gasteiger partial charge in [-0.25, -0.2) is 4.98 Å². The van der Waals surface area contributed by atoms with Crippen LogP contribution in [0, 0.1) is 0 Å². The molecule has 1 aliphatic heterocycles. The molecule has 1 aromatic rings. The molecule has 0 amide bonds. The predicted octanol–water partition coefficient (Wildman–Crippen LogP) is 1.62. The van der Waals surface area contributed by atoms with Crippen LogP contribution in [0.3, 0.4) is 0 Å². The van der Waals surface area contributed by atoms with Gasteiger partial charge in [-0.15, -0.1) is 0 Å². The molecule has 12 heteroatoms. The Hall–Kier alpha value is -1.24. The van der Waals surface area contributed by atoms with E-state index in [9.17, 15) is 26.4 Å². The molecule has 2 N–H and O–H groups in total. The maximum Gasteiger partial charge on any atom is 0.402 e. The number of Topliss-reactive ketones (excluding diaryl/α,β-unsaturated/α-hetero) is 1.